The van der Waals surface area contributed by atoms with E-state index in [4.69, 9.17) is 4.42 Å². The number of furan rings is 1. The standard InChI is InChI=1S/C17H22FNO2/c1-2-9-19-14-5-7-17(20,8-6-14)16-11-12-10-13(18)3-4-15(12)21-16/h3-4,10-11,14,19-20H,2,5-9H2,1H3. The molecule has 3 rings (SSSR count). The number of hydrogen-bond donors (Lipinski definition) is 2. The molecule has 1 fully saturated rings. The van der Waals surface area contributed by atoms with Gasteiger partial charge in [-0.15, -0.1) is 0 Å². The van der Waals surface area contributed by atoms with E-state index in [9.17, 15) is 9.50 Å². The van der Waals surface area contributed by atoms with E-state index in [0.29, 0.717) is 35.6 Å². The fraction of sp³-hybridized carbons (Fsp3) is 0.529. The maximum atomic E-state index is 13.2. The van der Waals surface area contributed by atoms with Gasteiger partial charge in [-0.1, -0.05) is 6.92 Å². The summed E-state index contributed by atoms with van der Waals surface area (Å²) in [6.45, 7) is 3.17. The highest BCUT2D eigenvalue weighted by Crippen LogP contribution is 2.39. The van der Waals surface area contributed by atoms with Crippen molar-refractivity contribution in [1.29, 1.82) is 0 Å². The van der Waals surface area contributed by atoms with Gasteiger partial charge in [0.1, 0.15) is 22.8 Å². The third-order valence-corrected chi connectivity index (χ3v) is 4.43. The second-order valence-electron chi connectivity index (χ2n) is 6.05. The molecular weight excluding hydrogens is 269 g/mol. The molecule has 0 atom stereocenters. The average Bonchev–Trinajstić information content (AvgIpc) is 2.90. The van der Waals surface area contributed by atoms with E-state index < -0.39 is 5.60 Å². The van der Waals surface area contributed by atoms with Gasteiger partial charge in [0.25, 0.3) is 0 Å². The van der Waals surface area contributed by atoms with Gasteiger partial charge in [-0.3, -0.25) is 0 Å². The Hall–Kier alpha value is -1.39. The number of nitrogens with one attached hydrogen (secondary N) is 1. The van der Waals surface area contributed by atoms with Crippen LogP contribution < -0.4 is 5.32 Å². The summed E-state index contributed by atoms with van der Waals surface area (Å²) in [5.74, 6) is 0.284. The SMILES string of the molecule is CCCNC1CCC(O)(c2cc3cc(F)ccc3o2)CC1. The van der Waals surface area contributed by atoms with Crippen molar-refractivity contribution in [2.45, 2.75) is 50.7 Å². The second-order valence-corrected chi connectivity index (χ2v) is 6.05. The van der Waals surface area contributed by atoms with Crippen LogP contribution in [0.3, 0.4) is 0 Å². The van der Waals surface area contributed by atoms with Gasteiger partial charge >= 0.3 is 0 Å². The highest BCUT2D eigenvalue weighted by molar-refractivity contribution is 5.78. The molecule has 1 aliphatic rings. The fourth-order valence-corrected chi connectivity index (χ4v) is 3.14. The Labute approximate surface area is 124 Å². The molecule has 3 nitrogen and oxygen atoms in total. The second kappa shape index (κ2) is 5.78. The summed E-state index contributed by atoms with van der Waals surface area (Å²) >= 11 is 0. The Kier molecular flexibility index (Phi) is 4.00. The smallest absolute Gasteiger partial charge is 0.136 e. The number of hydrogen-bond acceptors (Lipinski definition) is 3. The summed E-state index contributed by atoms with van der Waals surface area (Å²) in [5.41, 5.74) is -0.286. The number of fused-ring (bicyclic) bond motifs is 1. The van der Waals surface area contributed by atoms with Crippen LogP contribution in [0.2, 0.25) is 0 Å². The van der Waals surface area contributed by atoms with Gasteiger partial charge in [0.2, 0.25) is 0 Å². The van der Waals surface area contributed by atoms with Gasteiger partial charge in [-0.05, 0) is 62.9 Å². The van der Waals surface area contributed by atoms with Crippen LogP contribution in [-0.2, 0) is 5.60 Å². The van der Waals surface area contributed by atoms with E-state index in [1.807, 2.05) is 0 Å². The summed E-state index contributed by atoms with van der Waals surface area (Å²) in [6, 6.07) is 6.70. The van der Waals surface area contributed by atoms with Crippen molar-refractivity contribution in [3.8, 4) is 0 Å². The Balaban J connectivity index is 1.76. The lowest BCUT2D eigenvalue weighted by atomic mass is 9.80. The number of halogens is 1. The van der Waals surface area contributed by atoms with Gasteiger partial charge in [0.05, 0.1) is 0 Å². The van der Waals surface area contributed by atoms with Crippen molar-refractivity contribution in [2.75, 3.05) is 6.54 Å². The maximum Gasteiger partial charge on any atom is 0.136 e. The normalized spacial score (nSPS) is 26.3. The minimum Gasteiger partial charge on any atom is -0.458 e. The lowest BCUT2D eigenvalue weighted by molar-refractivity contribution is -0.0254. The molecule has 0 spiro atoms. The summed E-state index contributed by atoms with van der Waals surface area (Å²) in [6.07, 6.45) is 4.34. The minimum absolute atomic E-state index is 0.283. The first-order valence-electron chi connectivity index (χ1n) is 7.76. The van der Waals surface area contributed by atoms with Gasteiger partial charge in [-0.2, -0.15) is 0 Å². The summed E-state index contributed by atoms with van der Waals surface area (Å²) in [7, 11) is 0. The molecule has 1 saturated carbocycles. The molecule has 114 valence electrons. The Morgan fingerprint density at radius 2 is 2.10 bits per heavy atom. The zero-order valence-corrected chi connectivity index (χ0v) is 12.4. The zero-order valence-electron chi connectivity index (χ0n) is 12.4. The van der Waals surface area contributed by atoms with Crippen LogP contribution in [0, 0.1) is 5.82 Å². The zero-order chi connectivity index (χ0) is 14.9. The first-order chi connectivity index (χ1) is 10.1. The molecule has 0 radical (unpaired) electrons. The van der Waals surface area contributed by atoms with Crippen molar-refractivity contribution in [3.63, 3.8) is 0 Å². The van der Waals surface area contributed by atoms with Gasteiger partial charge in [0, 0.05) is 11.4 Å². The maximum absolute atomic E-state index is 13.2. The summed E-state index contributed by atoms with van der Waals surface area (Å²) < 4.78 is 19.0. The van der Waals surface area contributed by atoms with Gasteiger partial charge in [-0.25, -0.2) is 4.39 Å². The quantitative estimate of drug-likeness (QED) is 0.903. The molecule has 0 amide bonds. The topological polar surface area (TPSA) is 45.4 Å². The van der Waals surface area contributed by atoms with E-state index in [1.165, 1.54) is 12.1 Å². The van der Waals surface area contributed by atoms with Crippen LogP contribution in [0.4, 0.5) is 4.39 Å². The largest absolute Gasteiger partial charge is 0.458 e. The minimum atomic E-state index is -0.917. The summed E-state index contributed by atoms with van der Waals surface area (Å²) in [5, 5.41) is 15.1. The van der Waals surface area contributed by atoms with Crippen molar-refractivity contribution in [3.05, 3.63) is 35.8 Å². The monoisotopic (exact) mass is 291 g/mol. The lowest BCUT2D eigenvalue weighted by Gasteiger charge is -2.34. The van der Waals surface area contributed by atoms with Crippen molar-refractivity contribution in [1.82, 2.24) is 5.32 Å². The van der Waals surface area contributed by atoms with Crippen molar-refractivity contribution >= 4 is 11.0 Å². The molecule has 1 aliphatic carbocycles. The average molecular weight is 291 g/mol. The van der Waals surface area contributed by atoms with E-state index in [1.54, 1.807) is 12.1 Å². The molecule has 4 heteroatoms. The Morgan fingerprint density at radius 3 is 2.81 bits per heavy atom. The van der Waals surface area contributed by atoms with Crippen LogP contribution in [0.5, 0.6) is 0 Å². The molecule has 0 unspecified atom stereocenters. The molecule has 1 aromatic heterocycles. The van der Waals surface area contributed by atoms with E-state index in [-0.39, 0.29) is 5.82 Å². The fourth-order valence-electron chi connectivity index (χ4n) is 3.14. The van der Waals surface area contributed by atoms with Crippen molar-refractivity contribution < 1.29 is 13.9 Å². The third-order valence-electron chi connectivity index (χ3n) is 4.43. The summed E-state index contributed by atoms with van der Waals surface area (Å²) in [4.78, 5) is 0. The van der Waals surface area contributed by atoms with Gasteiger partial charge < -0.3 is 14.8 Å². The molecule has 0 saturated heterocycles. The molecule has 1 aromatic carbocycles. The third kappa shape index (κ3) is 2.97. The van der Waals surface area contributed by atoms with E-state index in [0.717, 1.165) is 25.8 Å². The molecule has 0 aliphatic heterocycles. The number of benzene rings is 1. The van der Waals surface area contributed by atoms with Crippen LogP contribution >= 0.6 is 0 Å². The van der Waals surface area contributed by atoms with Crippen LogP contribution in [0.15, 0.2) is 28.7 Å². The first kappa shape index (κ1) is 14.5. The Bertz CT molecular complexity index is 614. The number of aliphatic hydroxyl groups is 1. The molecule has 0 bridgehead atoms. The van der Waals surface area contributed by atoms with Crippen molar-refractivity contribution in [2.24, 2.45) is 0 Å². The molecule has 2 N–H and O–H groups in total. The first-order valence-corrected chi connectivity index (χ1v) is 7.76. The molecule has 2 aromatic rings. The van der Waals surface area contributed by atoms with E-state index >= 15 is 0 Å². The Morgan fingerprint density at radius 1 is 1.33 bits per heavy atom. The van der Waals surface area contributed by atoms with E-state index in [2.05, 4.69) is 12.2 Å². The highest BCUT2D eigenvalue weighted by atomic mass is 19.1. The molecule has 21 heavy (non-hydrogen) atoms. The predicted octanol–water partition coefficient (Wildman–Crippen LogP) is 3.70. The van der Waals surface area contributed by atoms with Crippen LogP contribution in [0.1, 0.15) is 44.8 Å². The predicted molar refractivity (Wildman–Crippen MR) is 80.6 cm³/mol. The lowest BCUT2D eigenvalue weighted by Crippen LogP contribution is -2.39. The highest BCUT2D eigenvalue weighted by Gasteiger charge is 2.37. The molecular formula is C17H22FNO2. The number of rotatable bonds is 4. The molecule has 1 heterocycles. The van der Waals surface area contributed by atoms with Crippen LogP contribution in [0.25, 0.3) is 11.0 Å². The van der Waals surface area contributed by atoms with Crippen LogP contribution in [-0.4, -0.2) is 17.7 Å². The van der Waals surface area contributed by atoms with Gasteiger partial charge in [0.15, 0.2) is 0 Å².